The van der Waals surface area contributed by atoms with Crippen LogP contribution in [0, 0.1) is 10.1 Å². The lowest BCUT2D eigenvalue weighted by Crippen LogP contribution is -2.28. The van der Waals surface area contributed by atoms with Gasteiger partial charge in [0.25, 0.3) is 5.69 Å². The number of nitrogens with one attached hydrogen (secondary N) is 1. The predicted octanol–water partition coefficient (Wildman–Crippen LogP) is 3.56. The van der Waals surface area contributed by atoms with Crippen molar-refractivity contribution in [3.8, 4) is 17.0 Å². The summed E-state index contributed by atoms with van der Waals surface area (Å²) in [6, 6.07) is 11.8. The second-order valence-electron chi connectivity index (χ2n) is 9.03. The van der Waals surface area contributed by atoms with Crippen LogP contribution in [0.25, 0.3) is 22.2 Å². The van der Waals surface area contributed by atoms with Gasteiger partial charge in [0.05, 0.1) is 35.2 Å². The maximum absolute atomic E-state index is 12.3. The number of hydrogen-bond acceptors (Lipinski definition) is 10. The summed E-state index contributed by atoms with van der Waals surface area (Å²) in [5.74, 6) is 0.546. The molecule has 38 heavy (non-hydrogen) atoms. The van der Waals surface area contributed by atoms with Crippen molar-refractivity contribution >= 4 is 43.9 Å². The first-order chi connectivity index (χ1) is 18.0. The van der Waals surface area contributed by atoms with Crippen molar-refractivity contribution in [1.82, 2.24) is 18.8 Å². The molecule has 0 aliphatic rings. The van der Waals surface area contributed by atoms with E-state index in [2.05, 4.69) is 15.3 Å². The minimum absolute atomic E-state index is 0.0954. The molecule has 0 fully saturated rings. The molecule has 4 aromatic rings. The summed E-state index contributed by atoms with van der Waals surface area (Å²) >= 11 is 0. The van der Waals surface area contributed by atoms with E-state index in [0.29, 0.717) is 52.4 Å². The highest BCUT2D eigenvalue weighted by Crippen LogP contribution is 2.39. The maximum Gasteiger partial charge on any atom is 0.294 e. The van der Waals surface area contributed by atoms with Gasteiger partial charge in [-0.15, -0.1) is 0 Å². The Morgan fingerprint density at radius 2 is 1.87 bits per heavy atom. The maximum atomic E-state index is 12.3. The molecular weight excluding hydrogens is 510 g/mol. The molecule has 200 valence electrons. The van der Waals surface area contributed by atoms with Crippen LogP contribution in [-0.4, -0.2) is 79.8 Å². The van der Waals surface area contributed by atoms with Crippen LogP contribution in [0.3, 0.4) is 0 Å². The van der Waals surface area contributed by atoms with E-state index in [0.717, 1.165) is 6.26 Å². The number of methoxy groups -OCH3 is 1. The van der Waals surface area contributed by atoms with Gasteiger partial charge in [0.15, 0.2) is 0 Å². The SMILES string of the molecule is COc1cc(N(C)CCN(C)C)c([N+](=O)[O-])cc1Nc1nccc(-c2cn(S(C)(=O)=O)c3ccccc23)n1. The zero-order valence-corrected chi connectivity index (χ0v) is 22.6. The van der Waals surface area contributed by atoms with Crippen LogP contribution in [0.15, 0.2) is 54.9 Å². The highest BCUT2D eigenvalue weighted by atomic mass is 32.2. The van der Waals surface area contributed by atoms with Gasteiger partial charge in [-0.3, -0.25) is 10.1 Å². The monoisotopic (exact) mass is 539 g/mol. The minimum atomic E-state index is -3.55. The number of hydrogen-bond donors (Lipinski definition) is 1. The number of benzene rings is 2. The molecule has 2 heterocycles. The molecule has 0 atom stereocenters. The smallest absolute Gasteiger partial charge is 0.294 e. The standard InChI is InChI=1S/C25H29N7O5S/c1-29(2)12-13-30(3)22-15-24(37-4)20(14-23(22)32(33)34)28-25-26-11-10-19(27-25)18-16-31(38(5,35)36)21-9-7-6-8-17(18)21/h6-11,14-16H,12-13H2,1-5H3,(H,26,27,28). The van der Waals surface area contributed by atoms with Crippen LogP contribution in [0.1, 0.15) is 0 Å². The Morgan fingerprint density at radius 3 is 2.53 bits per heavy atom. The molecule has 0 spiro atoms. The number of aromatic nitrogens is 3. The quantitative estimate of drug-likeness (QED) is 0.235. The fourth-order valence-electron chi connectivity index (χ4n) is 4.06. The summed E-state index contributed by atoms with van der Waals surface area (Å²) in [5, 5.41) is 15.7. The lowest BCUT2D eigenvalue weighted by molar-refractivity contribution is -0.384. The number of fused-ring (bicyclic) bond motifs is 1. The van der Waals surface area contributed by atoms with Crippen molar-refractivity contribution in [3.63, 3.8) is 0 Å². The largest absolute Gasteiger partial charge is 0.494 e. The van der Waals surface area contributed by atoms with E-state index in [4.69, 9.17) is 4.74 Å². The first-order valence-corrected chi connectivity index (χ1v) is 13.5. The highest BCUT2D eigenvalue weighted by molar-refractivity contribution is 7.89. The summed E-state index contributed by atoms with van der Waals surface area (Å²) in [6.45, 7) is 1.29. The minimum Gasteiger partial charge on any atom is -0.494 e. The molecule has 1 N–H and O–H groups in total. The Bertz CT molecular complexity index is 1600. The Labute approximate surface area is 220 Å². The van der Waals surface area contributed by atoms with Crippen LogP contribution >= 0.6 is 0 Å². The summed E-state index contributed by atoms with van der Waals surface area (Å²) in [6.07, 6.45) is 4.19. The Hall–Kier alpha value is -4.23. The Balaban J connectivity index is 1.74. The summed E-state index contributed by atoms with van der Waals surface area (Å²) in [7, 11) is 3.59. The van der Waals surface area contributed by atoms with Crippen molar-refractivity contribution < 1.29 is 18.1 Å². The molecule has 0 amide bonds. The van der Waals surface area contributed by atoms with Crippen LogP contribution in [-0.2, 0) is 10.0 Å². The summed E-state index contributed by atoms with van der Waals surface area (Å²) in [5.41, 5.74) is 2.26. The summed E-state index contributed by atoms with van der Waals surface area (Å²) in [4.78, 5) is 24.1. The van der Waals surface area contributed by atoms with Crippen molar-refractivity contribution in [2.45, 2.75) is 0 Å². The highest BCUT2D eigenvalue weighted by Gasteiger charge is 2.23. The molecular formula is C25H29N7O5S. The number of nitro groups is 1. The molecule has 2 aromatic carbocycles. The molecule has 0 saturated heterocycles. The average molecular weight is 540 g/mol. The van der Waals surface area contributed by atoms with E-state index in [9.17, 15) is 18.5 Å². The summed E-state index contributed by atoms with van der Waals surface area (Å²) < 4.78 is 31.4. The number of para-hydroxylation sites is 1. The molecule has 0 unspecified atom stereocenters. The van der Waals surface area contributed by atoms with Crippen molar-refractivity contribution in [3.05, 3.63) is 65.0 Å². The lowest BCUT2D eigenvalue weighted by atomic mass is 10.1. The Kier molecular flexibility index (Phi) is 7.51. The normalized spacial score (nSPS) is 11.6. The average Bonchev–Trinajstić information content (AvgIpc) is 3.27. The lowest BCUT2D eigenvalue weighted by Gasteiger charge is -2.22. The third-order valence-corrected chi connectivity index (χ3v) is 7.02. The van der Waals surface area contributed by atoms with Gasteiger partial charge in [-0.1, -0.05) is 18.2 Å². The molecule has 0 aliphatic carbocycles. The second-order valence-corrected chi connectivity index (χ2v) is 10.9. The van der Waals surface area contributed by atoms with Crippen molar-refractivity contribution in [2.24, 2.45) is 0 Å². The Morgan fingerprint density at radius 1 is 1.13 bits per heavy atom. The fraction of sp³-hybridized carbons (Fsp3) is 0.280. The first kappa shape index (κ1) is 26.8. The van der Waals surface area contributed by atoms with E-state index in [1.807, 2.05) is 31.1 Å². The number of nitro benzene ring substituents is 1. The number of rotatable bonds is 10. The van der Waals surface area contributed by atoms with Crippen LogP contribution in [0.5, 0.6) is 5.75 Å². The van der Waals surface area contributed by atoms with Crippen molar-refractivity contribution in [2.75, 3.05) is 57.8 Å². The number of ether oxygens (including phenoxy) is 1. The van der Waals surface area contributed by atoms with Crippen LogP contribution < -0.4 is 15.0 Å². The fourth-order valence-corrected chi connectivity index (χ4v) is 4.88. The van der Waals surface area contributed by atoms with E-state index in [1.54, 1.807) is 36.2 Å². The zero-order chi connectivity index (χ0) is 27.6. The van der Waals surface area contributed by atoms with E-state index < -0.39 is 14.9 Å². The van der Waals surface area contributed by atoms with Gasteiger partial charge in [-0.05, 0) is 26.2 Å². The second kappa shape index (κ2) is 10.6. The zero-order valence-electron chi connectivity index (χ0n) is 21.7. The first-order valence-electron chi connectivity index (χ1n) is 11.6. The van der Waals surface area contributed by atoms with Crippen LogP contribution in [0.4, 0.5) is 23.0 Å². The van der Waals surface area contributed by atoms with E-state index >= 15 is 0 Å². The van der Waals surface area contributed by atoms with E-state index in [1.165, 1.54) is 29.5 Å². The van der Waals surface area contributed by atoms with Gasteiger partial charge < -0.3 is 19.9 Å². The van der Waals surface area contributed by atoms with Crippen molar-refractivity contribution in [1.29, 1.82) is 0 Å². The molecule has 0 saturated carbocycles. The van der Waals surface area contributed by atoms with Gasteiger partial charge >= 0.3 is 0 Å². The third-order valence-electron chi connectivity index (χ3n) is 6.00. The predicted molar refractivity (Wildman–Crippen MR) is 148 cm³/mol. The molecule has 0 bridgehead atoms. The van der Waals surface area contributed by atoms with Gasteiger partial charge in [-0.25, -0.2) is 22.4 Å². The van der Waals surface area contributed by atoms with E-state index in [-0.39, 0.29) is 11.6 Å². The van der Waals surface area contributed by atoms with Gasteiger partial charge in [0.1, 0.15) is 11.4 Å². The topological polar surface area (TPSA) is 136 Å². The number of nitrogens with zero attached hydrogens (tertiary/aromatic N) is 6. The van der Waals surface area contributed by atoms with Crippen LogP contribution in [0.2, 0.25) is 0 Å². The molecule has 2 aromatic heterocycles. The molecule has 0 aliphatic heterocycles. The molecule has 0 radical (unpaired) electrons. The van der Waals surface area contributed by atoms with Gasteiger partial charge in [0.2, 0.25) is 16.0 Å². The molecule has 4 rings (SSSR count). The number of likely N-dealkylation sites (N-methyl/N-ethyl adjacent to an activating group) is 2. The third kappa shape index (κ3) is 5.53. The van der Waals surface area contributed by atoms with Gasteiger partial charge in [0, 0.05) is 55.6 Å². The molecule has 12 nitrogen and oxygen atoms in total. The number of anilines is 3. The van der Waals surface area contributed by atoms with Gasteiger partial charge in [-0.2, -0.15) is 0 Å². The molecule has 13 heteroatoms.